The number of carbonyl (C=O) groups excluding carboxylic acids is 1. The molecule has 3 rings (SSSR count). The number of alkyl halides is 6. The third kappa shape index (κ3) is 6.09. The van der Waals surface area contributed by atoms with E-state index in [0.717, 1.165) is 6.20 Å². The van der Waals surface area contributed by atoms with Gasteiger partial charge in [0, 0.05) is 16.7 Å². The predicted octanol–water partition coefficient (Wildman–Crippen LogP) is 4.67. The number of carbonyl (C=O) groups is 1. The van der Waals surface area contributed by atoms with Crippen LogP contribution in [0.2, 0.25) is 5.02 Å². The van der Waals surface area contributed by atoms with Gasteiger partial charge in [-0.25, -0.2) is 9.97 Å². The molecule has 32 heavy (non-hydrogen) atoms. The maximum absolute atomic E-state index is 12.5. The van der Waals surface area contributed by atoms with Gasteiger partial charge < -0.3 is 14.6 Å². The molecule has 2 aromatic heterocycles. The molecule has 0 saturated heterocycles. The van der Waals surface area contributed by atoms with Crippen molar-refractivity contribution >= 4 is 17.5 Å². The summed E-state index contributed by atoms with van der Waals surface area (Å²) in [7, 11) is 0. The molecule has 1 amide bonds. The molecule has 7 nitrogen and oxygen atoms in total. The van der Waals surface area contributed by atoms with Crippen molar-refractivity contribution in [3.05, 3.63) is 58.8 Å². The number of amides is 1. The average Bonchev–Trinajstić information content (AvgIpc) is 3.20. The highest BCUT2D eigenvalue weighted by Gasteiger charge is 2.35. The Balaban J connectivity index is 1.81. The zero-order valence-electron chi connectivity index (χ0n) is 15.6. The second-order valence-electron chi connectivity index (χ2n) is 6.18. The second kappa shape index (κ2) is 9.02. The number of nitrogens with one attached hydrogen (secondary N) is 1. The minimum absolute atomic E-state index is 0.120. The lowest BCUT2D eigenvalue weighted by Gasteiger charge is -2.13. The van der Waals surface area contributed by atoms with Gasteiger partial charge in [0.1, 0.15) is 5.69 Å². The van der Waals surface area contributed by atoms with E-state index in [-0.39, 0.29) is 22.8 Å². The van der Waals surface area contributed by atoms with E-state index in [1.54, 1.807) is 0 Å². The van der Waals surface area contributed by atoms with Crippen molar-refractivity contribution < 1.29 is 40.4 Å². The standard InChI is InChI=1S/C18H11ClF6N4O3/c19-10-3-1-9(2-4-10)14-12(31-8-17(20,21)22)7-26-15(28-14)16(30)27-6-11-5-13(29-32-11)18(23,24)25/h1-5,7H,6,8H2,(H,27,30). The van der Waals surface area contributed by atoms with Crippen LogP contribution in [0.1, 0.15) is 22.1 Å². The lowest BCUT2D eigenvalue weighted by Crippen LogP contribution is -2.25. The normalized spacial score (nSPS) is 12.0. The number of benzene rings is 1. The second-order valence-corrected chi connectivity index (χ2v) is 6.61. The minimum Gasteiger partial charge on any atom is -0.480 e. The van der Waals surface area contributed by atoms with E-state index < -0.39 is 42.9 Å². The van der Waals surface area contributed by atoms with E-state index in [2.05, 4.69) is 25.0 Å². The molecule has 0 aliphatic rings. The topological polar surface area (TPSA) is 90.1 Å². The fourth-order valence-electron chi connectivity index (χ4n) is 2.34. The van der Waals surface area contributed by atoms with Crippen LogP contribution in [0.4, 0.5) is 26.3 Å². The first kappa shape index (κ1) is 23.3. The summed E-state index contributed by atoms with van der Waals surface area (Å²) in [5.41, 5.74) is -1.10. The van der Waals surface area contributed by atoms with Crippen molar-refractivity contribution in [2.45, 2.75) is 18.9 Å². The molecule has 0 unspecified atom stereocenters. The van der Waals surface area contributed by atoms with E-state index in [4.69, 9.17) is 16.3 Å². The van der Waals surface area contributed by atoms with E-state index in [9.17, 15) is 31.1 Å². The highest BCUT2D eigenvalue weighted by atomic mass is 35.5. The van der Waals surface area contributed by atoms with Gasteiger partial charge in [-0.2, -0.15) is 26.3 Å². The summed E-state index contributed by atoms with van der Waals surface area (Å²) in [4.78, 5) is 19.9. The van der Waals surface area contributed by atoms with Crippen LogP contribution in [-0.4, -0.2) is 33.8 Å². The monoisotopic (exact) mass is 480 g/mol. The van der Waals surface area contributed by atoms with Gasteiger partial charge in [0.2, 0.25) is 5.82 Å². The Morgan fingerprint density at radius 2 is 1.81 bits per heavy atom. The van der Waals surface area contributed by atoms with Crippen LogP contribution in [0.3, 0.4) is 0 Å². The molecule has 0 atom stereocenters. The molecule has 0 aliphatic heterocycles. The molecule has 0 fully saturated rings. The first-order chi connectivity index (χ1) is 14.9. The maximum Gasteiger partial charge on any atom is 0.436 e. The summed E-state index contributed by atoms with van der Waals surface area (Å²) >= 11 is 5.81. The van der Waals surface area contributed by atoms with Crippen molar-refractivity contribution in [2.75, 3.05) is 6.61 Å². The van der Waals surface area contributed by atoms with Gasteiger partial charge in [0.25, 0.3) is 5.91 Å². The molecule has 1 N–H and O–H groups in total. The molecule has 170 valence electrons. The number of ether oxygens (including phenoxy) is 1. The first-order valence-corrected chi connectivity index (χ1v) is 8.94. The zero-order chi connectivity index (χ0) is 23.5. The van der Waals surface area contributed by atoms with Gasteiger partial charge in [-0.15, -0.1) is 0 Å². The van der Waals surface area contributed by atoms with Crippen molar-refractivity contribution in [1.29, 1.82) is 0 Å². The Morgan fingerprint density at radius 1 is 1.12 bits per heavy atom. The molecule has 3 aromatic rings. The fraction of sp³-hybridized carbons (Fsp3) is 0.222. The zero-order valence-corrected chi connectivity index (χ0v) is 16.3. The molecule has 14 heteroatoms. The molecule has 0 bridgehead atoms. The van der Waals surface area contributed by atoms with E-state index >= 15 is 0 Å². The minimum atomic E-state index is -4.71. The molecular weight excluding hydrogens is 470 g/mol. The molecular formula is C18H11ClF6N4O3. The number of hydrogen-bond acceptors (Lipinski definition) is 6. The lowest BCUT2D eigenvalue weighted by molar-refractivity contribution is -0.153. The van der Waals surface area contributed by atoms with E-state index in [1.807, 2.05) is 0 Å². The van der Waals surface area contributed by atoms with E-state index in [1.165, 1.54) is 24.3 Å². The first-order valence-electron chi connectivity index (χ1n) is 8.56. The van der Waals surface area contributed by atoms with Crippen LogP contribution < -0.4 is 10.1 Å². The molecule has 2 heterocycles. The van der Waals surface area contributed by atoms with Crippen molar-refractivity contribution in [2.24, 2.45) is 0 Å². The summed E-state index contributed by atoms with van der Waals surface area (Å²) in [5, 5.41) is 5.44. The molecule has 1 aromatic carbocycles. The Bertz CT molecular complexity index is 1100. The molecule has 0 spiro atoms. The van der Waals surface area contributed by atoms with Crippen LogP contribution in [0.5, 0.6) is 5.75 Å². The van der Waals surface area contributed by atoms with Gasteiger partial charge in [-0.3, -0.25) is 4.79 Å². The smallest absolute Gasteiger partial charge is 0.436 e. The fourth-order valence-corrected chi connectivity index (χ4v) is 2.46. The Morgan fingerprint density at radius 3 is 2.41 bits per heavy atom. The van der Waals surface area contributed by atoms with Gasteiger partial charge >= 0.3 is 12.4 Å². The van der Waals surface area contributed by atoms with Crippen LogP contribution in [-0.2, 0) is 12.7 Å². The highest BCUT2D eigenvalue weighted by molar-refractivity contribution is 6.30. The Kier molecular flexibility index (Phi) is 6.57. The largest absolute Gasteiger partial charge is 0.480 e. The van der Waals surface area contributed by atoms with Crippen LogP contribution >= 0.6 is 11.6 Å². The van der Waals surface area contributed by atoms with Crippen molar-refractivity contribution in [3.63, 3.8) is 0 Å². The number of halogens is 7. The third-order valence-electron chi connectivity index (χ3n) is 3.74. The van der Waals surface area contributed by atoms with Gasteiger partial charge in [0.15, 0.2) is 23.8 Å². The molecule has 0 radical (unpaired) electrons. The lowest BCUT2D eigenvalue weighted by atomic mass is 10.1. The predicted molar refractivity (Wildman–Crippen MR) is 96.7 cm³/mol. The molecule has 0 aliphatic carbocycles. The number of aromatic nitrogens is 3. The number of nitrogens with zero attached hydrogens (tertiary/aromatic N) is 3. The SMILES string of the molecule is O=C(NCc1cc(C(F)(F)F)no1)c1ncc(OCC(F)(F)F)c(-c2ccc(Cl)cc2)n1. The van der Waals surface area contributed by atoms with Crippen molar-refractivity contribution in [1.82, 2.24) is 20.4 Å². The summed E-state index contributed by atoms with van der Waals surface area (Å²) in [6.07, 6.45) is -8.46. The third-order valence-corrected chi connectivity index (χ3v) is 3.99. The summed E-state index contributed by atoms with van der Waals surface area (Å²) in [6, 6.07) is 6.40. The average molecular weight is 481 g/mol. The van der Waals surface area contributed by atoms with Crippen LogP contribution in [0, 0.1) is 0 Å². The highest BCUT2D eigenvalue weighted by Crippen LogP contribution is 2.30. The van der Waals surface area contributed by atoms with Gasteiger partial charge in [-0.05, 0) is 12.1 Å². The Labute approximate surface area is 180 Å². The summed E-state index contributed by atoms with van der Waals surface area (Å²) < 4.78 is 84.5. The maximum atomic E-state index is 12.5. The number of hydrogen-bond donors (Lipinski definition) is 1. The number of rotatable bonds is 6. The van der Waals surface area contributed by atoms with Gasteiger partial charge in [-0.1, -0.05) is 28.9 Å². The summed E-state index contributed by atoms with van der Waals surface area (Å²) in [5.74, 6) is -2.02. The van der Waals surface area contributed by atoms with Crippen LogP contribution in [0.25, 0.3) is 11.3 Å². The van der Waals surface area contributed by atoms with Crippen LogP contribution in [0.15, 0.2) is 41.1 Å². The summed E-state index contributed by atoms with van der Waals surface area (Å²) in [6.45, 7) is -2.08. The van der Waals surface area contributed by atoms with Crippen molar-refractivity contribution in [3.8, 4) is 17.0 Å². The quantitative estimate of drug-likeness (QED) is 0.515. The van der Waals surface area contributed by atoms with Gasteiger partial charge in [0.05, 0.1) is 12.7 Å². The van der Waals surface area contributed by atoms with E-state index in [0.29, 0.717) is 11.1 Å². The Hall–Kier alpha value is -3.35. The molecule has 0 saturated carbocycles.